The molecular weight excluding hydrogens is 308 g/mol. The van der Waals surface area contributed by atoms with Crippen LogP contribution in [0, 0.1) is 0 Å². The molecule has 1 unspecified atom stereocenters. The summed E-state index contributed by atoms with van der Waals surface area (Å²) in [5.74, 6) is -0.266. The van der Waals surface area contributed by atoms with Crippen molar-refractivity contribution in [3.05, 3.63) is 71.3 Å². The third-order valence-corrected chi connectivity index (χ3v) is 3.47. The molecule has 0 saturated heterocycles. The van der Waals surface area contributed by atoms with Crippen LogP contribution in [0.25, 0.3) is 0 Å². The zero-order valence-corrected chi connectivity index (χ0v) is 13.7. The third kappa shape index (κ3) is 4.83. The number of hydrogen-bond acceptors (Lipinski definition) is 5. The van der Waals surface area contributed by atoms with E-state index in [0.717, 1.165) is 0 Å². The summed E-state index contributed by atoms with van der Waals surface area (Å²) < 4.78 is 15.3. The Morgan fingerprint density at radius 1 is 0.875 bits per heavy atom. The van der Waals surface area contributed by atoms with Crippen molar-refractivity contribution in [2.45, 2.75) is 6.29 Å². The Balaban J connectivity index is 1.98. The van der Waals surface area contributed by atoms with Crippen LogP contribution in [0.2, 0.25) is 0 Å². The van der Waals surface area contributed by atoms with Crippen molar-refractivity contribution in [2.75, 3.05) is 27.4 Å². The topological polar surface area (TPSA) is 61.8 Å². The minimum Gasteiger partial charge on any atom is -0.379 e. The quantitative estimate of drug-likeness (QED) is 0.523. The van der Waals surface area contributed by atoms with Crippen molar-refractivity contribution in [3.8, 4) is 0 Å². The van der Waals surface area contributed by atoms with E-state index in [9.17, 15) is 9.59 Å². The van der Waals surface area contributed by atoms with E-state index in [4.69, 9.17) is 14.2 Å². The van der Waals surface area contributed by atoms with Gasteiger partial charge in [0.2, 0.25) is 0 Å². The number of methoxy groups -OCH3 is 2. The SMILES string of the molecule is COCC(OC)OCC(=O)c1ccc(C(=O)c2ccccc2)cc1. The van der Waals surface area contributed by atoms with E-state index < -0.39 is 6.29 Å². The second-order valence-electron chi connectivity index (χ2n) is 5.13. The second-order valence-corrected chi connectivity index (χ2v) is 5.13. The van der Waals surface area contributed by atoms with Crippen LogP contribution in [0.4, 0.5) is 0 Å². The molecule has 0 aromatic heterocycles. The van der Waals surface area contributed by atoms with E-state index in [-0.39, 0.29) is 24.8 Å². The Kier molecular flexibility index (Phi) is 6.81. The van der Waals surface area contributed by atoms with Crippen LogP contribution in [-0.2, 0) is 14.2 Å². The lowest BCUT2D eigenvalue weighted by Crippen LogP contribution is -2.24. The molecule has 1 atom stereocenters. The average molecular weight is 328 g/mol. The molecule has 0 aliphatic heterocycles. The summed E-state index contributed by atoms with van der Waals surface area (Å²) >= 11 is 0. The molecule has 2 aromatic carbocycles. The Labute approximate surface area is 141 Å². The van der Waals surface area contributed by atoms with Crippen LogP contribution in [0.15, 0.2) is 54.6 Å². The van der Waals surface area contributed by atoms with Crippen LogP contribution in [-0.4, -0.2) is 45.3 Å². The zero-order valence-electron chi connectivity index (χ0n) is 13.7. The summed E-state index contributed by atoms with van der Waals surface area (Å²) in [5.41, 5.74) is 1.63. The molecule has 0 N–H and O–H groups in total. The average Bonchev–Trinajstić information content (AvgIpc) is 2.65. The summed E-state index contributed by atoms with van der Waals surface area (Å²) in [6.45, 7) is 0.127. The fourth-order valence-corrected chi connectivity index (χ4v) is 2.14. The first kappa shape index (κ1) is 18.0. The highest BCUT2D eigenvalue weighted by Crippen LogP contribution is 2.12. The molecule has 5 heteroatoms. The first-order chi connectivity index (χ1) is 11.7. The van der Waals surface area contributed by atoms with Gasteiger partial charge in [-0.15, -0.1) is 0 Å². The van der Waals surface area contributed by atoms with E-state index in [1.807, 2.05) is 18.2 Å². The van der Waals surface area contributed by atoms with Gasteiger partial charge in [-0.05, 0) is 0 Å². The molecule has 0 saturated carbocycles. The van der Waals surface area contributed by atoms with Crippen LogP contribution >= 0.6 is 0 Å². The van der Waals surface area contributed by atoms with Crippen LogP contribution in [0.5, 0.6) is 0 Å². The molecule has 0 aliphatic carbocycles. The summed E-state index contributed by atoms with van der Waals surface area (Å²) in [4.78, 5) is 24.4. The first-order valence-electron chi connectivity index (χ1n) is 7.52. The summed E-state index contributed by atoms with van der Waals surface area (Å²) in [6.07, 6.45) is -0.585. The van der Waals surface area contributed by atoms with E-state index in [1.54, 1.807) is 36.4 Å². The van der Waals surface area contributed by atoms with Gasteiger partial charge in [-0.1, -0.05) is 54.6 Å². The molecule has 0 fully saturated rings. The smallest absolute Gasteiger partial charge is 0.193 e. The lowest BCUT2D eigenvalue weighted by Gasteiger charge is -2.14. The Bertz CT molecular complexity index is 664. The van der Waals surface area contributed by atoms with Gasteiger partial charge in [0.15, 0.2) is 17.9 Å². The highest BCUT2D eigenvalue weighted by molar-refractivity contribution is 6.09. The molecule has 0 spiro atoms. The van der Waals surface area contributed by atoms with Crippen molar-refractivity contribution in [2.24, 2.45) is 0 Å². The monoisotopic (exact) mass is 328 g/mol. The lowest BCUT2D eigenvalue weighted by atomic mass is 10.0. The maximum absolute atomic E-state index is 12.3. The van der Waals surface area contributed by atoms with Crippen molar-refractivity contribution in [3.63, 3.8) is 0 Å². The number of rotatable bonds is 9. The number of ketones is 2. The highest BCUT2D eigenvalue weighted by Gasteiger charge is 2.13. The molecule has 0 heterocycles. The molecule has 2 rings (SSSR count). The van der Waals surface area contributed by atoms with E-state index >= 15 is 0 Å². The van der Waals surface area contributed by atoms with E-state index in [1.165, 1.54) is 14.2 Å². The molecule has 0 aliphatic rings. The van der Waals surface area contributed by atoms with Gasteiger partial charge < -0.3 is 14.2 Å². The number of carbonyl (C=O) groups is 2. The Hall–Kier alpha value is -2.34. The fraction of sp³-hybridized carbons (Fsp3) is 0.263. The van der Waals surface area contributed by atoms with Crippen molar-refractivity contribution in [1.29, 1.82) is 0 Å². The molecule has 126 valence electrons. The van der Waals surface area contributed by atoms with Crippen LogP contribution < -0.4 is 0 Å². The number of hydrogen-bond donors (Lipinski definition) is 0. The summed E-state index contributed by atoms with van der Waals surface area (Å²) in [7, 11) is 3.01. The summed E-state index contributed by atoms with van der Waals surface area (Å²) in [6, 6.07) is 15.5. The standard InChI is InChI=1S/C19H20O5/c1-22-13-18(23-2)24-12-17(20)14-8-10-16(11-9-14)19(21)15-6-4-3-5-7-15/h3-11,18H,12-13H2,1-2H3. The molecule has 0 amide bonds. The molecule has 24 heavy (non-hydrogen) atoms. The maximum Gasteiger partial charge on any atom is 0.193 e. The Morgan fingerprint density at radius 2 is 1.46 bits per heavy atom. The van der Waals surface area contributed by atoms with Gasteiger partial charge in [-0.3, -0.25) is 9.59 Å². The fourth-order valence-electron chi connectivity index (χ4n) is 2.14. The van der Waals surface area contributed by atoms with Gasteiger partial charge >= 0.3 is 0 Å². The van der Waals surface area contributed by atoms with Gasteiger partial charge in [0.25, 0.3) is 0 Å². The first-order valence-corrected chi connectivity index (χ1v) is 7.52. The number of ether oxygens (including phenoxy) is 3. The number of carbonyl (C=O) groups excluding carboxylic acids is 2. The normalized spacial score (nSPS) is 11.9. The molecule has 0 radical (unpaired) electrons. The van der Waals surface area contributed by atoms with Gasteiger partial charge in [-0.2, -0.15) is 0 Å². The minimum absolute atomic E-state index is 0.0783. The van der Waals surface area contributed by atoms with Gasteiger partial charge in [0, 0.05) is 30.9 Å². The second kappa shape index (κ2) is 9.08. The zero-order chi connectivity index (χ0) is 17.4. The van der Waals surface area contributed by atoms with Gasteiger partial charge in [0.05, 0.1) is 6.61 Å². The van der Waals surface area contributed by atoms with Crippen LogP contribution in [0.3, 0.4) is 0 Å². The minimum atomic E-state index is -0.585. The maximum atomic E-state index is 12.3. The van der Waals surface area contributed by atoms with E-state index in [0.29, 0.717) is 16.7 Å². The lowest BCUT2D eigenvalue weighted by molar-refractivity contribution is -0.144. The largest absolute Gasteiger partial charge is 0.379 e. The van der Waals surface area contributed by atoms with Crippen LogP contribution in [0.1, 0.15) is 26.3 Å². The van der Waals surface area contributed by atoms with Gasteiger partial charge in [-0.25, -0.2) is 0 Å². The van der Waals surface area contributed by atoms with Crippen molar-refractivity contribution < 1.29 is 23.8 Å². The number of benzene rings is 2. The highest BCUT2D eigenvalue weighted by atomic mass is 16.7. The predicted molar refractivity (Wildman–Crippen MR) is 89.3 cm³/mol. The van der Waals surface area contributed by atoms with Crippen molar-refractivity contribution >= 4 is 11.6 Å². The molecule has 5 nitrogen and oxygen atoms in total. The summed E-state index contributed by atoms with van der Waals surface area (Å²) in [5, 5.41) is 0. The third-order valence-electron chi connectivity index (χ3n) is 3.47. The number of Topliss-reactive ketones (excluding diaryl/α,β-unsaturated/α-hetero) is 1. The van der Waals surface area contributed by atoms with Crippen molar-refractivity contribution in [1.82, 2.24) is 0 Å². The Morgan fingerprint density at radius 3 is 2.04 bits per heavy atom. The molecule has 0 bridgehead atoms. The molecule has 2 aromatic rings. The molecular formula is C19H20O5. The van der Waals surface area contributed by atoms with E-state index in [2.05, 4.69) is 0 Å². The van der Waals surface area contributed by atoms with Gasteiger partial charge in [0.1, 0.15) is 6.61 Å². The predicted octanol–water partition coefficient (Wildman–Crippen LogP) is 2.74.